The monoisotopic (exact) mass is 287 g/mol. The maximum atomic E-state index is 3.55. The number of hydrogen-bond donors (Lipinski definition) is 1. The van der Waals surface area contributed by atoms with E-state index in [-0.39, 0.29) is 0 Å². The van der Waals surface area contributed by atoms with E-state index in [1.165, 1.54) is 27.9 Å². The molecule has 0 aliphatic carbocycles. The Labute approximate surface area is 132 Å². The molecule has 1 nitrogen and oxygen atoms in total. The van der Waals surface area contributed by atoms with Gasteiger partial charge in [-0.3, -0.25) is 0 Å². The van der Waals surface area contributed by atoms with Crippen molar-refractivity contribution in [1.29, 1.82) is 0 Å². The first-order valence-electron chi connectivity index (χ1n) is 7.76. The Kier molecular flexibility index (Phi) is 4.24. The van der Waals surface area contributed by atoms with Gasteiger partial charge in [0.25, 0.3) is 0 Å². The minimum absolute atomic E-state index is 0.407. The average molecular weight is 287 g/mol. The predicted molar refractivity (Wildman–Crippen MR) is 96.1 cm³/mol. The Hall–Kier alpha value is -2.54. The van der Waals surface area contributed by atoms with Crippen LogP contribution < -0.4 is 5.32 Å². The van der Waals surface area contributed by atoms with E-state index in [2.05, 4.69) is 98.0 Å². The normalized spacial score (nSPS) is 10.7. The summed E-state index contributed by atoms with van der Waals surface area (Å²) in [5, 5.41) is 3.55. The lowest BCUT2D eigenvalue weighted by atomic mass is 9.93. The van der Waals surface area contributed by atoms with Gasteiger partial charge in [0.1, 0.15) is 0 Å². The van der Waals surface area contributed by atoms with Crippen LogP contribution in [0.15, 0.2) is 78.9 Å². The van der Waals surface area contributed by atoms with Crippen LogP contribution in [0.2, 0.25) is 0 Å². The van der Waals surface area contributed by atoms with Gasteiger partial charge in [-0.2, -0.15) is 0 Å². The fourth-order valence-electron chi connectivity index (χ4n) is 2.74. The maximum absolute atomic E-state index is 3.55. The number of anilines is 1. The third-order valence-electron chi connectivity index (χ3n) is 3.67. The van der Waals surface area contributed by atoms with Crippen LogP contribution in [-0.4, -0.2) is 6.04 Å². The zero-order valence-electron chi connectivity index (χ0n) is 13.1. The van der Waals surface area contributed by atoms with Gasteiger partial charge in [-0.1, -0.05) is 72.8 Å². The SMILES string of the molecule is CC(C)Nc1ccccc1-c1ccccc1-c1ccccc1. The molecule has 0 amide bonds. The molecule has 0 aliphatic rings. The van der Waals surface area contributed by atoms with Crippen molar-refractivity contribution in [2.75, 3.05) is 5.32 Å². The van der Waals surface area contributed by atoms with Crippen LogP contribution in [0.3, 0.4) is 0 Å². The molecular formula is C21H21N. The summed E-state index contributed by atoms with van der Waals surface area (Å²) in [6.07, 6.45) is 0. The van der Waals surface area contributed by atoms with Crippen LogP contribution in [0.4, 0.5) is 5.69 Å². The second-order valence-electron chi connectivity index (χ2n) is 5.76. The molecule has 0 heterocycles. The average Bonchev–Trinajstić information content (AvgIpc) is 2.56. The zero-order valence-corrected chi connectivity index (χ0v) is 13.1. The minimum Gasteiger partial charge on any atom is -0.382 e. The molecule has 0 radical (unpaired) electrons. The Bertz CT molecular complexity index is 745. The van der Waals surface area contributed by atoms with Crippen LogP contribution >= 0.6 is 0 Å². The molecule has 0 aromatic heterocycles. The molecule has 22 heavy (non-hydrogen) atoms. The Morgan fingerprint density at radius 3 is 1.82 bits per heavy atom. The van der Waals surface area contributed by atoms with Crippen molar-refractivity contribution in [2.24, 2.45) is 0 Å². The summed E-state index contributed by atoms with van der Waals surface area (Å²) >= 11 is 0. The summed E-state index contributed by atoms with van der Waals surface area (Å²) in [5.74, 6) is 0. The summed E-state index contributed by atoms with van der Waals surface area (Å²) in [6.45, 7) is 4.33. The second kappa shape index (κ2) is 6.48. The van der Waals surface area contributed by atoms with E-state index >= 15 is 0 Å². The van der Waals surface area contributed by atoms with Crippen LogP contribution in [-0.2, 0) is 0 Å². The van der Waals surface area contributed by atoms with Gasteiger partial charge >= 0.3 is 0 Å². The van der Waals surface area contributed by atoms with E-state index in [4.69, 9.17) is 0 Å². The molecule has 3 aromatic carbocycles. The van der Waals surface area contributed by atoms with E-state index in [1.807, 2.05) is 0 Å². The number of nitrogens with one attached hydrogen (secondary N) is 1. The molecule has 1 N–H and O–H groups in total. The van der Waals surface area contributed by atoms with Crippen molar-refractivity contribution >= 4 is 5.69 Å². The first-order valence-corrected chi connectivity index (χ1v) is 7.76. The van der Waals surface area contributed by atoms with E-state index in [0.717, 1.165) is 0 Å². The first kappa shape index (κ1) is 14.4. The van der Waals surface area contributed by atoms with Gasteiger partial charge in [0.15, 0.2) is 0 Å². The number of rotatable bonds is 4. The van der Waals surface area contributed by atoms with Gasteiger partial charge in [-0.25, -0.2) is 0 Å². The largest absolute Gasteiger partial charge is 0.382 e. The smallest absolute Gasteiger partial charge is 0.0422 e. The maximum Gasteiger partial charge on any atom is 0.0422 e. The highest BCUT2D eigenvalue weighted by atomic mass is 14.9. The van der Waals surface area contributed by atoms with Crippen molar-refractivity contribution < 1.29 is 0 Å². The second-order valence-corrected chi connectivity index (χ2v) is 5.76. The number of hydrogen-bond acceptors (Lipinski definition) is 1. The molecule has 0 unspecified atom stereocenters. The van der Waals surface area contributed by atoms with Crippen LogP contribution in [0.5, 0.6) is 0 Å². The van der Waals surface area contributed by atoms with E-state index in [0.29, 0.717) is 6.04 Å². The van der Waals surface area contributed by atoms with Crippen molar-refractivity contribution in [2.45, 2.75) is 19.9 Å². The third kappa shape index (κ3) is 3.04. The van der Waals surface area contributed by atoms with Crippen LogP contribution in [0.1, 0.15) is 13.8 Å². The lowest BCUT2D eigenvalue weighted by molar-refractivity contribution is 0.900. The summed E-state index contributed by atoms with van der Waals surface area (Å²) in [5.41, 5.74) is 6.20. The molecule has 3 rings (SSSR count). The quantitative estimate of drug-likeness (QED) is 0.635. The highest BCUT2D eigenvalue weighted by molar-refractivity contribution is 5.89. The Morgan fingerprint density at radius 1 is 0.591 bits per heavy atom. The van der Waals surface area contributed by atoms with Gasteiger partial charge < -0.3 is 5.32 Å². The molecule has 0 saturated heterocycles. The number of benzene rings is 3. The molecule has 110 valence electrons. The van der Waals surface area contributed by atoms with E-state index in [1.54, 1.807) is 0 Å². The van der Waals surface area contributed by atoms with Gasteiger partial charge in [0.05, 0.1) is 0 Å². The first-order chi connectivity index (χ1) is 10.8. The van der Waals surface area contributed by atoms with Crippen LogP contribution in [0.25, 0.3) is 22.3 Å². The lowest BCUT2D eigenvalue weighted by Crippen LogP contribution is -2.10. The molecular weight excluding hydrogens is 266 g/mol. The van der Waals surface area contributed by atoms with Gasteiger partial charge in [-0.05, 0) is 36.6 Å². The highest BCUT2D eigenvalue weighted by Crippen LogP contribution is 2.36. The van der Waals surface area contributed by atoms with Crippen molar-refractivity contribution in [3.8, 4) is 22.3 Å². The van der Waals surface area contributed by atoms with Crippen molar-refractivity contribution in [3.05, 3.63) is 78.9 Å². The predicted octanol–water partition coefficient (Wildman–Crippen LogP) is 5.84. The van der Waals surface area contributed by atoms with E-state index < -0.39 is 0 Å². The molecule has 1 heteroatoms. The Balaban J connectivity index is 2.14. The summed E-state index contributed by atoms with van der Waals surface area (Å²) in [4.78, 5) is 0. The molecule has 0 bridgehead atoms. The zero-order chi connectivity index (χ0) is 15.4. The molecule has 0 aliphatic heterocycles. The van der Waals surface area contributed by atoms with Gasteiger partial charge in [0, 0.05) is 17.3 Å². The molecule has 0 fully saturated rings. The summed E-state index contributed by atoms with van der Waals surface area (Å²) in [6, 6.07) is 28.1. The van der Waals surface area contributed by atoms with Crippen molar-refractivity contribution in [1.82, 2.24) is 0 Å². The standard InChI is InChI=1S/C21H21N/c1-16(2)22-21-15-9-8-14-20(21)19-13-7-6-12-18(19)17-10-4-3-5-11-17/h3-16,22H,1-2H3. The highest BCUT2D eigenvalue weighted by Gasteiger charge is 2.10. The fourth-order valence-corrected chi connectivity index (χ4v) is 2.74. The third-order valence-corrected chi connectivity index (χ3v) is 3.67. The molecule has 0 saturated carbocycles. The minimum atomic E-state index is 0.407. The van der Waals surface area contributed by atoms with E-state index in [9.17, 15) is 0 Å². The fraction of sp³-hybridized carbons (Fsp3) is 0.143. The molecule has 0 spiro atoms. The lowest BCUT2D eigenvalue weighted by Gasteiger charge is -2.17. The summed E-state index contributed by atoms with van der Waals surface area (Å²) < 4.78 is 0. The van der Waals surface area contributed by atoms with Gasteiger partial charge in [0.2, 0.25) is 0 Å². The Morgan fingerprint density at radius 2 is 1.14 bits per heavy atom. The topological polar surface area (TPSA) is 12.0 Å². The van der Waals surface area contributed by atoms with Gasteiger partial charge in [-0.15, -0.1) is 0 Å². The number of para-hydroxylation sites is 1. The van der Waals surface area contributed by atoms with Crippen molar-refractivity contribution in [3.63, 3.8) is 0 Å². The molecule has 3 aromatic rings. The summed E-state index contributed by atoms with van der Waals surface area (Å²) in [7, 11) is 0. The molecule has 0 atom stereocenters. The van der Waals surface area contributed by atoms with Crippen LogP contribution in [0, 0.1) is 0 Å².